The Bertz CT molecular complexity index is 926. The lowest BCUT2D eigenvalue weighted by Crippen LogP contribution is -2.49. The second kappa shape index (κ2) is 10.9. The topological polar surface area (TPSA) is 117 Å². The van der Waals surface area contributed by atoms with E-state index in [1.54, 1.807) is 0 Å². The van der Waals surface area contributed by atoms with Crippen molar-refractivity contribution in [2.24, 2.45) is 0 Å². The Morgan fingerprint density at radius 3 is 2.72 bits per heavy atom. The van der Waals surface area contributed by atoms with E-state index >= 15 is 0 Å². The Kier molecular flexibility index (Phi) is 8.83. The maximum atomic E-state index is 13.7. The molecule has 0 fully saturated rings. The number of nitrogens with one attached hydrogen (secondary N) is 2. The average molecular weight is 485 g/mol. The second-order valence-corrected chi connectivity index (χ2v) is 8.73. The monoisotopic (exact) mass is 485 g/mol. The largest absolute Gasteiger partial charge is 0.481 e. The van der Waals surface area contributed by atoms with Crippen LogP contribution in [0.4, 0.5) is 17.6 Å². The number of hydrogen-bond donors (Lipinski definition) is 3. The predicted octanol–water partition coefficient (Wildman–Crippen LogP) is 1.33. The molecule has 14 heteroatoms. The fourth-order valence-electron chi connectivity index (χ4n) is 2.59. The molecule has 1 aromatic rings. The van der Waals surface area contributed by atoms with Crippen molar-refractivity contribution in [1.29, 1.82) is 0 Å². The maximum absolute atomic E-state index is 13.7. The Morgan fingerprint density at radius 2 is 2.06 bits per heavy atom. The Morgan fingerprint density at radius 1 is 1.34 bits per heavy atom. The number of carbonyl (C=O) groups excluding carboxylic acids is 1. The summed E-state index contributed by atoms with van der Waals surface area (Å²) >= 11 is 0. The number of sulfonamides is 1. The number of amides is 1. The molecular formula is C18H23F4N3O6S. The zero-order valence-electron chi connectivity index (χ0n) is 16.9. The molecule has 0 bridgehead atoms. The molecule has 1 aliphatic heterocycles. The van der Waals surface area contributed by atoms with E-state index in [0.717, 1.165) is 12.1 Å². The van der Waals surface area contributed by atoms with Gasteiger partial charge in [0.25, 0.3) is 0 Å². The minimum Gasteiger partial charge on any atom is -0.481 e. The number of nitrogens with zero attached hydrogens (tertiary/aromatic N) is 1. The zero-order chi connectivity index (χ0) is 23.9. The molecule has 0 aromatic heterocycles. The van der Waals surface area contributed by atoms with Crippen LogP contribution in [0.15, 0.2) is 30.5 Å². The Hall–Kier alpha value is -2.42. The number of aliphatic hydroxyl groups is 1. The van der Waals surface area contributed by atoms with Crippen molar-refractivity contribution in [1.82, 2.24) is 14.9 Å². The smallest absolute Gasteiger partial charge is 0.422 e. The fourth-order valence-corrected chi connectivity index (χ4v) is 3.88. The second-order valence-electron chi connectivity index (χ2n) is 6.86. The van der Waals surface area contributed by atoms with Crippen molar-refractivity contribution in [2.45, 2.75) is 31.9 Å². The number of ether oxygens (including phenoxy) is 2. The summed E-state index contributed by atoms with van der Waals surface area (Å²) in [6.07, 6.45) is -3.27. The van der Waals surface area contributed by atoms with E-state index < -0.39 is 52.7 Å². The molecule has 0 saturated carbocycles. The number of halogens is 4. The van der Waals surface area contributed by atoms with Gasteiger partial charge < -0.3 is 24.8 Å². The van der Waals surface area contributed by atoms with Gasteiger partial charge in [0.05, 0.1) is 5.75 Å². The molecular weight excluding hydrogens is 462 g/mol. The van der Waals surface area contributed by atoms with Crippen molar-refractivity contribution in [3.05, 3.63) is 41.9 Å². The van der Waals surface area contributed by atoms with E-state index in [1.807, 2.05) is 0 Å². The first-order valence-corrected chi connectivity index (χ1v) is 11.0. The van der Waals surface area contributed by atoms with Gasteiger partial charge in [0.15, 0.2) is 18.2 Å². The van der Waals surface area contributed by atoms with Crippen LogP contribution >= 0.6 is 0 Å². The van der Waals surface area contributed by atoms with Crippen molar-refractivity contribution in [3.8, 4) is 5.75 Å². The average Bonchev–Trinajstić information content (AvgIpc) is 2.67. The van der Waals surface area contributed by atoms with Gasteiger partial charge in [-0.15, -0.1) is 0 Å². The summed E-state index contributed by atoms with van der Waals surface area (Å²) < 4.78 is 87.1. The summed E-state index contributed by atoms with van der Waals surface area (Å²) in [5.74, 6) is -2.41. The molecule has 2 rings (SSSR count). The van der Waals surface area contributed by atoms with Crippen molar-refractivity contribution >= 4 is 15.9 Å². The molecule has 9 nitrogen and oxygen atoms in total. The third-order valence-corrected chi connectivity index (χ3v) is 5.69. The first-order valence-electron chi connectivity index (χ1n) is 9.35. The highest BCUT2D eigenvalue weighted by atomic mass is 32.2. The van der Waals surface area contributed by atoms with Gasteiger partial charge >= 0.3 is 6.18 Å². The van der Waals surface area contributed by atoms with E-state index in [4.69, 9.17) is 4.74 Å². The zero-order valence-corrected chi connectivity index (χ0v) is 17.7. The number of carbonyl (C=O) groups is 1. The number of hydrogen-bond acceptors (Lipinski definition) is 7. The standard InChI is InChI=1S/C18H23F4N3O6S/c1-12(13-3-4-14(19)15(9-13)31-10-18(20,21)22)24-32(28,29)8-2-7-30-11-25-6-5-16(26)23-17(25)27/h3-6,9,12,17,24,27H,2,7-8,10-11H2,1H3,(H,23,26)/t12-,17?/m1/s1. The third kappa shape index (κ3) is 8.61. The summed E-state index contributed by atoms with van der Waals surface area (Å²) in [4.78, 5) is 12.3. The van der Waals surface area contributed by atoms with Gasteiger partial charge in [-0.25, -0.2) is 17.5 Å². The summed E-state index contributed by atoms with van der Waals surface area (Å²) in [6.45, 7) is -0.276. The minimum atomic E-state index is -4.64. The third-order valence-electron chi connectivity index (χ3n) is 4.15. The molecule has 1 amide bonds. The van der Waals surface area contributed by atoms with E-state index in [1.165, 1.54) is 30.2 Å². The maximum Gasteiger partial charge on any atom is 0.422 e. The summed E-state index contributed by atoms with van der Waals surface area (Å²) in [5.41, 5.74) is 0.219. The normalized spacial score (nSPS) is 17.9. The molecule has 0 saturated heterocycles. The van der Waals surface area contributed by atoms with Gasteiger partial charge in [0, 0.05) is 24.9 Å². The molecule has 1 heterocycles. The van der Waals surface area contributed by atoms with Gasteiger partial charge in [-0.3, -0.25) is 4.79 Å². The van der Waals surface area contributed by atoms with Crippen molar-refractivity contribution < 1.29 is 45.4 Å². The van der Waals surface area contributed by atoms with Crippen LogP contribution in [0.5, 0.6) is 5.75 Å². The van der Waals surface area contributed by atoms with E-state index in [2.05, 4.69) is 14.8 Å². The van der Waals surface area contributed by atoms with E-state index in [0.29, 0.717) is 0 Å². The van der Waals surface area contributed by atoms with Crippen LogP contribution in [0.1, 0.15) is 24.9 Å². The molecule has 32 heavy (non-hydrogen) atoms. The number of aliphatic hydroxyl groups excluding tert-OH is 1. The van der Waals surface area contributed by atoms with Gasteiger partial charge in [0.1, 0.15) is 6.73 Å². The summed E-state index contributed by atoms with van der Waals surface area (Å²) in [7, 11) is -3.79. The molecule has 1 aliphatic rings. The van der Waals surface area contributed by atoms with Crippen LogP contribution in [0, 0.1) is 5.82 Å². The highest BCUT2D eigenvalue weighted by molar-refractivity contribution is 7.89. The Labute approximate surface area is 182 Å². The van der Waals surface area contributed by atoms with E-state index in [9.17, 15) is 35.9 Å². The molecule has 1 aromatic carbocycles. The lowest BCUT2D eigenvalue weighted by atomic mass is 10.1. The highest BCUT2D eigenvalue weighted by Crippen LogP contribution is 2.25. The minimum absolute atomic E-state index is 0.0340. The van der Waals surface area contributed by atoms with Gasteiger partial charge in [-0.05, 0) is 31.0 Å². The molecule has 2 atom stereocenters. The van der Waals surface area contributed by atoms with Gasteiger partial charge in [0.2, 0.25) is 22.3 Å². The number of benzene rings is 1. The fraction of sp³-hybridized carbons (Fsp3) is 0.500. The first kappa shape index (κ1) is 25.8. The SMILES string of the molecule is C[C@@H](NS(=O)(=O)CCCOCN1C=CC(=O)NC1O)c1ccc(F)c(OCC(F)(F)F)c1. The van der Waals surface area contributed by atoms with Crippen molar-refractivity contribution in [2.75, 3.05) is 25.7 Å². The number of rotatable bonds is 11. The van der Waals surface area contributed by atoms with Crippen LogP contribution in [0.3, 0.4) is 0 Å². The predicted molar refractivity (Wildman–Crippen MR) is 104 cm³/mol. The molecule has 0 spiro atoms. The Balaban J connectivity index is 1.81. The molecule has 3 N–H and O–H groups in total. The molecule has 180 valence electrons. The quantitative estimate of drug-likeness (QED) is 0.320. The molecule has 0 radical (unpaired) electrons. The molecule has 0 aliphatic carbocycles. The van der Waals surface area contributed by atoms with Crippen LogP contribution in [-0.4, -0.2) is 62.6 Å². The summed E-state index contributed by atoms with van der Waals surface area (Å²) in [6, 6.07) is 2.29. The van der Waals surface area contributed by atoms with Crippen LogP contribution in [0.25, 0.3) is 0 Å². The molecule has 1 unspecified atom stereocenters. The van der Waals surface area contributed by atoms with Crippen LogP contribution in [-0.2, 0) is 19.6 Å². The van der Waals surface area contributed by atoms with Gasteiger partial charge in [-0.2, -0.15) is 13.2 Å². The lowest BCUT2D eigenvalue weighted by molar-refractivity contribution is -0.153. The first-order chi connectivity index (χ1) is 14.9. The van der Waals surface area contributed by atoms with Gasteiger partial charge in [-0.1, -0.05) is 6.07 Å². The van der Waals surface area contributed by atoms with Crippen molar-refractivity contribution in [3.63, 3.8) is 0 Å². The lowest BCUT2D eigenvalue weighted by Gasteiger charge is -2.29. The van der Waals surface area contributed by atoms with Crippen LogP contribution < -0.4 is 14.8 Å². The van der Waals surface area contributed by atoms with E-state index in [-0.39, 0.29) is 31.1 Å². The summed E-state index contributed by atoms with van der Waals surface area (Å²) in [5, 5.41) is 11.8. The highest BCUT2D eigenvalue weighted by Gasteiger charge is 2.29. The number of alkyl halides is 3. The van der Waals surface area contributed by atoms with Crippen LogP contribution in [0.2, 0.25) is 0 Å².